The predicted molar refractivity (Wildman–Crippen MR) is 95.1 cm³/mol. The van der Waals surface area contributed by atoms with Crippen molar-refractivity contribution in [2.24, 2.45) is 0 Å². The molecule has 0 fully saturated rings. The molecule has 7 nitrogen and oxygen atoms in total. The van der Waals surface area contributed by atoms with Crippen LogP contribution >= 0.6 is 0 Å². The highest BCUT2D eigenvalue weighted by molar-refractivity contribution is 6.14. The average Bonchev–Trinajstić information content (AvgIpc) is 2.63. The van der Waals surface area contributed by atoms with E-state index in [-0.39, 0.29) is 17.9 Å². The number of halogens is 1. The Labute approximate surface area is 154 Å². The number of anilines is 2. The number of amides is 2. The molecule has 0 saturated carbocycles. The van der Waals surface area contributed by atoms with E-state index < -0.39 is 29.2 Å². The Hall–Kier alpha value is -3.42. The van der Waals surface area contributed by atoms with Gasteiger partial charge in [-0.25, -0.2) is 9.18 Å². The summed E-state index contributed by atoms with van der Waals surface area (Å²) in [4.78, 5) is 36.6. The fraction of sp³-hybridized carbons (Fsp3) is 0.211. The minimum Gasteiger partial charge on any atom is -0.464 e. The van der Waals surface area contributed by atoms with E-state index >= 15 is 0 Å². The van der Waals surface area contributed by atoms with Crippen LogP contribution < -0.4 is 15.4 Å². The Bertz CT molecular complexity index is 913. The minimum atomic E-state index is -1.83. The molecule has 2 amide bonds. The van der Waals surface area contributed by atoms with Crippen LogP contribution in [0.15, 0.2) is 42.5 Å². The van der Waals surface area contributed by atoms with Gasteiger partial charge in [-0.15, -0.1) is 0 Å². The van der Waals surface area contributed by atoms with Gasteiger partial charge in [0.2, 0.25) is 0 Å². The first-order valence-electron chi connectivity index (χ1n) is 8.22. The molecule has 0 aliphatic carbocycles. The Morgan fingerprint density at radius 3 is 2.59 bits per heavy atom. The van der Waals surface area contributed by atoms with Crippen LogP contribution in [-0.4, -0.2) is 30.0 Å². The molecule has 1 atom stereocenters. The highest BCUT2D eigenvalue weighted by atomic mass is 19.1. The molecule has 2 aromatic carbocycles. The number of fused-ring (bicyclic) bond motifs is 1. The first-order valence-corrected chi connectivity index (χ1v) is 8.22. The zero-order chi connectivity index (χ0) is 19.6. The second-order valence-electron chi connectivity index (χ2n) is 5.98. The molecule has 1 aliphatic heterocycles. The van der Waals surface area contributed by atoms with Crippen molar-refractivity contribution in [2.75, 3.05) is 17.2 Å². The third-order valence-electron chi connectivity index (χ3n) is 4.01. The van der Waals surface area contributed by atoms with Gasteiger partial charge in [0.25, 0.3) is 17.4 Å². The maximum atomic E-state index is 13.0. The zero-order valence-electron chi connectivity index (χ0n) is 14.7. The average molecular weight is 372 g/mol. The summed E-state index contributed by atoms with van der Waals surface area (Å²) >= 11 is 0. The summed E-state index contributed by atoms with van der Waals surface area (Å²) < 4.78 is 23.5. The highest BCUT2D eigenvalue weighted by Crippen LogP contribution is 2.36. The van der Waals surface area contributed by atoms with Crippen molar-refractivity contribution in [1.29, 1.82) is 0 Å². The fourth-order valence-electron chi connectivity index (χ4n) is 2.50. The number of hydrogen-bond donors (Lipinski definition) is 2. The van der Waals surface area contributed by atoms with E-state index in [0.717, 1.165) is 0 Å². The summed E-state index contributed by atoms with van der Waals surface area (Å²) in [5.41, 5.74) is -0.811. The van der Waals surface area contributed by atoms with E-state index in [1.54, 1.807) is 13.0 Å². The van der Waals surface area contributed by atoms with Crippen LogP contribution in [0.1, 0.15) is 24.2 Å². The monoisotopic (exact) mass is 372 g/mol. The molecule has 0 saturated heterocycles. The fourth-order valence-corrected chi connectivity index (χ4v) is 2.50. The standard InChI is InChI=1S/C19H17FN2O5/c1-3-26-18(25)19(2)17(24)22-14-9-8-13(10-15(14)27-19)21-16(23)11-4-6-12(20)7-5-11/h4-10H,3H2,1-2H3,(H,21,23)(H,22,24)/t19-/m0/s1. The lowest BCUT2D eigenvalue weighted by molar-refractivity contribution is -0.165. The van der Waals surface area contributed by atoms with Crippen molar-refractivity contribution in [3.63, 3.8) is 0 Å². The van der Waals surface area contributed by atoms with Gasteiger partial charge in [-0.3, -0.25) is 9.59 Å². The summed E-state index contributed by atoms with van der Waals surface area (Å²) in [5, 5.41) is 5.24. The lowest BCUT2D eigenvalue weighted by atomic mass is 10.0. The molecule has 1 aliphatic rings. The maximum Gasteiger partial charge on any atom is 0.360 e. The highest BCUT2D eigenvalue weighted by Gasteiger charge is 2.48. The summed E-state index contributed by atoms with van der Waals surface area (Å²) in [6, 6.07) is 9.68. The summed E-state index contributed by atoms with van der Waals surface area (Å²) in [5.74, 6) is -2.13. The maximum absolute atomic E-state index is 13.0. The van der Waals surface area contributed by atoms with E-state index in [1.165, 1.54) is 43.3 Å². The molecule has 0 bridgehead atoms. The number of carbonyl (C=O) groups is 3. The number of esters is 1. The molecule has 27 heavy (non-hydrogen) atoms. The van der Waals surface area contributed by atoms with Crippen LogP contribution in [0.3, 0.4) is 0 Å². The van der Waals surface area contributed by atoms with Crippen LogP contribution in [0.5, 0.6) is 5.75 Å². The third-order valence-corrected chi connectivity index (χ3v) is 4.01. The molecule has 1 heterocycles. The van der Waals surface area contributed by atoms with Crippen molar-refractivity contribution in [1.82, 2.24) is 0 Å². The van der Waals surface area contributed by atoms with E-state index in [2.05, 4.69) is 10.6 Å². The second kappa shape index (κ2) is 7.06. The van der Waals surface area contributed by atoms with Gasteiger partial charge in [-0.1, -0.05) is 0 Å². The number of carbonyl (C=O) groups excluding carboxylic acids is 3. The van der Waals surface area contributed by atoms with Crippen LogP contribution in [0.4, 0.5) is 15.8 Å². The Balaban J connectivity index is 1.82. The molecule has 0 spiro atoms. The Kier molecular flexibility index (Phi) is 4.81. The van der Waals surface area contributed by atoms with E-state index in [0.29, 0.717) is 11.4 Å². The van der Waals surface area contributed by atoms with E-state index in [4.69, 9.17) is 9.47 Å². The largest absolute Gasteiger partial charge is 0.464 e. The number of nitrogens with one attached hydrogen (secondary N) is 2. The molecule has 0 radical (unpaired) electrons. The number of benzene rings is 2. The first kappa shape index (κ1) is 18.4. The predicted octanol–water partition coefficient (Wildman–Crippen LogP) is 2.73. The van der Waals surface area contributed by atoms with Crippen molar-refractivity contribution >= 4 is 29.2 Å². The molecule has 0 unspecified atom stereocenters. The lowest BCUT2D eigenvalue weighted by Gasteiger charge is -2.32. The van der Waals surface area contributed by atoms with E-state index in [1.807, 2.05) is 0 Å². The van der Waals surface area contributed by atoms with Crippen molar-refractivity contribution in [3.8, 4) is 5.75 Å². The zero-order valence-corrected chi connectivity index (χ0v) is 14.7. The summed E-state index contributed by atoms with van der Waals surface area (Å²) in [6.45, 7) is 3.04. The van der Waals surface area contributed by atoms with Crippen molar-refractivity contribution < 1.29 is 28.2 Å². The van der Waals surface area contributed by atoms with Gasteiger partial charge in [0.15, 0.2) is 0 Å². The van der Waals surface area contributed by atoms with Gasteiger partial charge < -0.3 is 20.1 Å². The third kappa shape index (κ3) is 3.59. The Morgan fingerprint density at radius 2 is 1.93 bits per heavy atom. The van der Waals surface area contributed by atoms with E-state index in [9.17, 15) is 18.8 Å². The van der Waals surface area contributed by atoms with Crippen molar-refractivity contribution in [3.05, 3.63) is 53.8 Å². The topological polar surface area (TPSA) is 93.7 Å². The van der Waals surface area contributed by atoms with Gasteiger partial charge in [-0.05, 0) is 50.2 Å². The summed E-state index contributed by atoms with van der Waals surface area (Å²) in [6.07, 6.45) is 0. The molecule has 3 rings (SSSR count). The second-order valence-corrected chi connectivity index (χ2v) is 5.98. The number of ether oxygens (including phenoxy) is 2. The van der Waals surface area contributed by atoms with Gasteiger partial charge in [0.1, 0.15) is 11.6 Å². The first-order chi connectivity index (χ1) is 12.8. The van der Waals surface area contributed by atoms with Crippen molar-refractivity contribution in [2.45, 2.75) is 19.4 Å². The van der Waals surface area contributed by atoms with Crippen LogP contribution in [0, 0.1) is 5.82 Å². The summed E-state index contributed by atoms with van der Waals surface area (Å²) in [7, 11) is 0. The van der Waals surface area contributed by atoms with Crippen LogP contribution in [0.2, 0.25) is 0 Å². The van der Waals surface area contributed by atoms with Gasteiger partial charge >= 0.3 is 5.97 Å². The number of hydrogen-bond acceptors (Lipinski definition) is 5. The normalized spacial score (nSPS) is 18.0. The molecule has 2 N–H and O–H groups in total. The van der Waals surface area contributed by atoms with Gasteiger partial charge in [0, 0.05) is 17.3 Å². The Morgan fingerprint density at radius 1 is 1.22 bits per heavy atom. The molecule has 2 aromatic rings. The quantitative estimate of drug-likeness (QED) is 0.636. The lowest BCUT2D eigenvalue weighted by Crippen LogP contribution is -2.55. The molecule has 8 heteroatoms. The minimum absolute atomic E-state index is 0.103. The van der Waals surface area contributed by atoms with Crippen LogP contribution in [0.25, 0.3) is 0 Å². The molecule has 0 aromatic heterocycles. The molecular formula is C19H17FN2O5. The van der Waals surface area contributed by atoms with Crippen LogP contribution in [-0.2, 0) is 14.3 Å². The van der Waals surface area contributed by atoms with Gasteiger partial charge in [-0.2, -0.15) is 0 Å². The smallest absolute Gasteiger partial charge is 0.360 e. The molecule has 140 valence electrons. The molecular weight excluding hydrogens is 355 g/mol. The SMILES string of the molecule is CCOC(=O)[C@@]1(C)Oc2cc(NC(=O)c3ccc(F)cc3)ccc2NC1=O. The number of rotatable bonds is 4. The van der Waals surface area contributed by atoms with Gasteiger partial charge in [0.05, 0.1) is 12.3 Å².